The van der Waals surface area contributed by atoms with Gasteiger partial charge in [0.15, 0.2) is 5.84 Å². The lowest BCUT2D eigenvalue weighted by Crippen LogP contribution is -2.41. The summed E-state index contributed by atoms with van der Waals surface area (Å²) in [6.45, 7) is 8.82. The minimum absolute atomic E-state index is 0.107. The maximum absolute atomic E-state index is 5.06. The van der Waals surface area contributed by atoms with Gasteiger partial charge in [0.1, 0.15) is 5.84 Å². The van der Waals surface area contributed by atoms with Crippen LogP contribution in [0.25, 0.3) is 0 Å². The molecular weight excluding hydrogens is 318 g/mol. The zero-order valence-electron chi connectivity index (χ0n) is 16.1. The van der Waals surface area contributed by atoms with E-state index in [9.17, 15) is 0 Å². The van der Waals surface area contributed by atoms with Crippen LogP contribution in [0.5, 0.6) is 0 Å². The zero-order valence-corrected chi connectivity index (χ0v) is 16.1. The van der Waals surface area contributed by atoms with Gasteiger partial charge in [-0.05, 0) is 18.4 Å². The second kappa shape index (κ2) is 8.79. The number of rotatable bonds is 6. The Morgan fingerprint density at radius 1 is 0.846 bits per heavy atom. The largest absolute Gasteiger partial charge is 0.360 e. The smallest absolute Gasteiger partial charge is 0.157 e. The van der Waals surface area contributed by atoms with Crippen molar-refractivity contribution in [3.63, 3.8) is 0 Å². The Morgan fingerprint density at radius 3 is 2.00 bits per heavy atom. The number of amidine groups is 2. The van der Waals surface area contributed by atoms with Crippen LogP contribution in [0.1, 0.15) is 50.8 Å². The van der Waals surface area contributed by atoms with Crippen molar-refractivity contribution in [3.05, 3.63) is 71.8 Å². The van der Waals surface area contributed by atoms with Crippen LogP contribution in [0.4, 0.5) is 0 Å². The molecule has 0 fully saturated rings. The quantitative estimate of drug-likeness (QED) is 0.693. The lowest BCUT2D eigenvalue weighted by molar-refractivity contribution is 0.381. The summed E-state index contributed by atoms with van der Waals surface area (Å²) in [6, 6.07) is 21.1. The van der Waals surface area contributed by atoms with Gasteiger partial charge in [-0.15, -0.1) is 0 Å². The molecule has 0 amide bonds. The first-order valence-corrected chi connectivity index (χ1v) is 9.76. The summed E-state index contributed by atoms with van der Waals surface area (Å²) < 4.78 is 0. The van der Waals surface area contributed by atoms with Gasteiger partial charge in [0.05, 0.1) is 6.04 Å². The second-order valence-corrected chi connectivity index (χ2v) is 6.92. The topological polar surface area (TPSA) is 28.0 Å². The van der Waals surface area contributed by atoms with Crippen LogP contribution < -0.4 is 0 Å². The summed E-state index contributed by atoms with van der Waals surface area (Å²) in [4.78, 5) is 12.6. The molecule has 2 aromatic carbocycles. The molecule has 0 radical (unpaired) electrons. The fourth-order valence-corrected chi connectivity index (χ4v) is 3.60. The van der Waals surface area contributed by atoms with Crippen molar-refractivity contribution >= 4 is 11.7 Å². The first-order chi connectivity index (χ1) is 12.7. The average molecular weight is 348 g/mol. The van der Waals surface area contributed by atoms with Gasteiger partial charge in [-0.25, -0.2) is 4.99 Å². The van der Waals surface area contributed by atoms with Gasteiger partial charge in [0.2, 0.25) is 0 Å². The van der Waals surface area contributed by atoms with E-state index < -0.39 is 0 Å². The maximum atomic E-state index is 5.06. The summed E-state index contributed by atoms with van der Waals surface area (Å²) in [5.41, 5.74) is 2.35. The van der Waals surface area contributed by atoms with Gasteiger partial charge in [-0.1, -0.05) is 81.4 Å². The van der Waals surface area contributed by atoms with E-state index in [2.05, 4.69) is 80.3 Å². The van der Waals surface area contributed by atoms with E-state index in [1.807, 2.05) is 6.07 Å². The fraction of sp³-hybridized carbons (Fsp3) is 0.391. The molecule has 0 saturated heterocycles. The highest BCUT2D eigenvalue weighted by Crippen LogP contribution is 2.32. The summed E-state index contributed by atoms with van der Waals surface area (Å²) >= 11 is 0. The molecule has 0 bridgehead atoms. The van der Waals surface area contributed by atoms with Crippen LogP contribution in [-0.4, -0.2) is 29.7 Å². The molecule has 136 valence electrons. The monoisotopic (exact) mass is 347 g/mol. The summed E-state index contributed by atoms with van der Waals surface area (Å²) in [7, 11) is 0. The van der Waals surface area contributed by atoms with E-state index in [4.69, 9.17) is 9.98 Å². The standard InChI is InChI=1S/C23H29N3/c1-4-16-26(17-5-2)23-18(3)21(19-12-8-6-9-13-19)24-22(25-23)20-14-10-7-11-15-20/h6-15,18,21H,4-5,16-17H2,1-3H3. The van der Waals surface area contributed by atoms with Crippen LogP contribution in [0.2, 0.25) is 0 Å². The molecule has 1 aliphatic heterocycles. The van der Waals surface area contributed by atoms with Crippen molar-refractivity contribution in [2.24, 2.45) is 15.9 Å². The highest BCUT2D eigenvalue weighted by atomic mass is 15.2. The fourth-order valence-electron chi connectivity index (χ4n) is 3.60. The molecule has 0 spiro atoms. The Kier molecular flexibility index (Phi) is 6.21. The van der Waals surface area contributed by atoms with E-state index in [1.165, 1.54) is 11.4 Å². The second-order valence-electron chi connectivity index (χ2n) is 6.92. The highest BCUT2D eigenvalue weighted by Gasteiger charge is 2.31. The third kappa shape index (κ3) is 4.04. The number of aliphatic imine (C=N–C) groups is 2. The number of hydrogen-bond acceptors (Lipinski definition) is 3. The predicted octanol–water partition coefficient (Wildman–Crippen LogP) is 5.34. The third-order valence-electron chi connectivity index (χ3n) is 4.85. The Morgan fingerprint density at radius 2 is 1.42 bits per heavy atom. The first-order valence-electron chi connectivity index (χ1n) is 9.76. The van der Waals surface area contributed by atoms with Crippen molar-refractivity contribution < 1.29 is 0 Å². The van der Waals surface area contributed by atoms with Gasteiger partial charge in [0, 0.05) is 24.6 Å². The lowest BCUT2D eigenvalue weighted by atomic mass is 9.91. The van der Waals surface area contributed by atoms with Gasteiger partial charge in [-0.3, -0.25) is 4.99 Å². The molecule has 1 aliphatic rings. The van der Waals surface area contributed by atoms with Crippen LogP contribution >= 0.6 is 0 Å². The van der Waals surface area contributed by atoms with Crippen molar-refractivity contribution in [1.82, 2.24) is 4.90 Å². The molecule has 2 atom stereocenters. The molecule has 3 heteroatoms. The minimum Gasteiger partial charge on any atom is -0.360 e. The maximum Gasteiger partial charge on any atom is 0.157 e. The first kappa shape index (κ1) is 18.4. The number of benzene rings is 2. The van der Waals surface area contributed by atoms with Crippen molar-refractivity contribution in [3.8, 4) is 0 Å². The molecule has 2 aromatic rings. The molecule has 3 nitrogen and oxygen atoms in total. The van der Waals surface area contributed by atoms with Gasteiger partial charge in [0.25, 0.3) is 0 Å². The molecule has 0 aliphatic carbocycles. The molecule has 0 N–H and O–H groups in total. The zero-order chi connectivity index (χ0) is 18.4. The molecule has 3 rings (SSSR count). The Bertz CT molecular complexity index is 744. The van der Waals surface area contributed by atoms with E-state index in [1.54, 1.807) is 0 Å². The SMILES string of the molecule is CCCN(CCC)C1=NC(c2ccccc2)=NC(c2ccccc2)C1C. The molecule has 1 heterocycles. The molecule has 0 saturated carbocycles. The third-order valence-corrected chi connectivity index (χ3v) is 4.85. The summed E-state index contributed by atoms with van der Waals surface area (Å²) in [6.07, 6.45) is 2.25. The Hall–Kier alpha value is -2.42. The average Bonchev–Trinajstić information content (AvgIpc) is 2.69. The molecular formula is C23H29N3. The normalized spacial score (nSPS) is 19.7. The van der Waals surface area contributed by atoms with Gasteiger partial charge < -0.3 is 4.90 Å². The van der Waals surface area contributed by atoms with Crippen LogP contribution in [-0.2, 0) is 0 Å². The van der Waals surface area contributed by atoms with E-state index in [0.717, 1.165) is 37.3 Å². The van der Waals surface area contributed by atoms with E-state index in [0.29, 0.717) is 0 Å². The van der Waals surface area contributed by atoms with Crippen LogP contribution in [0.15, 0.2) is 70.6 Å². The summed E-state index contributed by atoms with van der Waals surface area (Å²) in [5, 5.41) is 0. The predicted molar refractivity (Wildman–Crippen MR) is 111 cm³/mol. The Labute approximate surface area is 157 Å². The van der Waals surface area contributed by atoms with E-state index in [-0.39, 0.29) is 12.0 Å². The van der Waals surface area contributed by atoms with Crippen molar-refractivity contribution in [1.29, 1.82) is 0 Å². The van der Waals surface area contributed by atoms with E-state index >= 15 is 0 Å². The minimum atomic E-state index is 0.107. The number of nitrogens with zero attached hydrogens (tertiary/aromatic N) is 3. The lowest BCUT2D eigenvalue weighted by Gasteiger charge is -2.35. The van der Waals surface area contributed by atoms with Crippen LogP contribution in [0, 0.1) is 5.92 Å². The van der Waals surface area contributed by atoms with Crippen molar-refractivity contribution in [2.75, 3.05) is 13.1 Å². The Balaban J connectivity index is 2.05. The highest BCUT2D eigenvalue weighted by molar-refractivity contribution is 6.08. The molecule has 0 aromatic heterocycles. The molecule has 26 heavy (non-hydrogen) atoms. The van der Waals surface area contributed by atoms with Gasteiger partial charge in [-0.2, -0.15) is 0 Å². The van der Waals surface area contributed by atoms with Crippen molar-refractivity contribution in [2.45, 2.75) is 39.7 Å². The number of hydrogen-bond donors (Lipinski definition) is 0. The summed E-state index contributed by atoms with van der Waals surface area (Å²) in [5.74, 6) is 2.30. The van der Waals surface area contributed by atoms with Crippen LogP contribution in [0.3, 0.4) is 0 Å². The molecule has 2 unspecified atom stereocenters. The van der Waals surface area contributed by atoms with Gasteiger partial charge >= 0.3 is 0 Å².